The van der Waals surface area contributed by atoms with Gasteiger partial charge in [-0.2, -0.15) is 0 Å². The molecule has 2 nitrogen and oxygen atoms in total. The zero-order valence-electron chi connectivity index (χ0n) is 12.6. The lowest BCUT2D eigenvalue weighted by Gasteiger charge is -2.14. The molecule has 0 bridgehead atoms. The first-order valence-corrected chi connectivity index (χ1v) is 7.96. The van der Waals surface area contributed by atoms with Crippen molar-refractivity contribution < 1.29 is 9.84 Å². The van der Waals surface area contributed by atoms with Crippen molar-refractivity contribution in [2.75, 3.05) is 0 Å². The second-order valence-corrected chi connectivity index (χ2v) is 6.46. The molecule has 0 aliphatic carbocycles. The molecule has 0 heterocycles. The molecule has 0 saturated carbocycles. The maximum Gasteiger partial charge on any atom is 0.125 e. The molecular weight excluding hydrogens is 328 g/mol. The highest BCUT2D eigenvalue weighted by Crippen LogP contribution is 2.29. The first kappa shape index (κ1) is 16.1. The minimum atomic E-state index is -0.555. The Morgan fingerprint density at radius 1 is 1.05 bits per heavy atom. The van der Waals surface area contributed by atoms with E-state index in [0.717, 1.165) is 21.3 Å². The largest absolute Gasteiger partial charge is 0.489 e. The van der Waals surface area contributed by atoms with Crippen LogP contribution in [0.1, 0.15) is 49.5 Å². The van der Waals surface area contributed by atoms with Gasteiger partial charge in [0.05, 0.1) is 6.10 Å². The van der Waals surface area contributed by atoms with E-state index in [4.69, 9.17) is 4.74 Å². The quantitative estimate of drug-likeness (QED) is 0.803. The molecule has 2 aromatic carbocycles. The van der Waals surface area contributed by atoms with E-state index in [2.05, 4.69) is 54.0 Å². The summed E-state index contributed by atoms with van der Waals surface area (Å²) in [5.41, 5.74) is 3.24. The van der Waals surface area contributed by atoms with Crippen molar-refractivity contribution >= 4 is 15.9 Å². The Hall–Kier alpha value is -1.32. The van der Waals surface area contributed by atoms with E-state index in [1.807, 2.05) is 18.2 Å². The number of hydrogen-bond donors (Lipinski definition) is 1. The summed E-state index contributed by atoms with van der Waals surface area (Å²) in [6, 6.07) is 14.2. The number of ether oxygens (including phenoxy) is 1. The van der Waals surface area contributed by atoms with Crippen LogP contribution in [0.3, 0.4) is 0 Å². The van der Waals surface area contributed by atoms with Crippen LogP contribution in [0.15, 0.2) is 46.9 Å². The molecule has 21 heavy (non-hydrogen) atoms. The predicted octanol–water partition coefficient (Wildman–Crippen LogP) is 5.20. The van der Waals surface area contributed by atoms with Crippen molar-refractivity contribution in [1.82, 2.24) is 0 Å². The van der Waals surface area contributed by atoms with Gasteiger partial charge >= 0.3 is 0 Å². The normalized spacial score (nSPS) is 12.5. The maximum absolute atomic E-state index is 9.82. The summed E-state index contributed by atoms with van der Waals surface area (Å²) in [7, 11) is 0. The van der Waals surface area contributed by atoms with Crippen LogP contribution in [0.5, 0.6) is 5.75 Å². The van der Waals surface area contributed by atoms with Gasteiger partial charge in [0.25, 0.3) is 0 Å². The first-order valence-electron chi connectivity index (χ1n) is 7.16. The van der Waals surface area contributed by atoms with Crippen LogP contribution in [0.4, 0.5) is 0 Å². The molecule has 2 rings (SSSR count). The van der Waals surface area contributed by atoms with Crippen LogP contribution in [0, 0.1) is 0 Å². The van der Waals surface area contributed by atoms with Gasteiger partial charge in [-0.1, -0.05) is 54.0 Å². The third kappa shape index (κ3) is 4.32. The van der Waals surface area contributed by atoms with Crippen molar-refractivity contribution in [2.45, 2.75) is 39.4 Å². The Morgan fingerprint density at radius 2 is 1.71 bits per heavy atom. The minimum absolute atomic E-state index is 0.500. The first-order chi connectivity index (χ1) is 9.97. The van der Waals surface area contributed by atoms with Crippen molar-refractivity contribution in [1.29, 1.82) is 0 Å². The lowest BCUT2D eigenvalue weighted by atomic mass is 10.0. The molecule has 0 aliphatic rings. The zero-order chi connectivity index (χ0) is 15.4. The number of aliphatic hydroxyl groups is 1. The summed E-state index contributed by atoms with van der Waals surface area (Å²) in [4.78, 5) is 0. The van der Waals surface area contributed by atoms with Crippen molar-refractivity contribution in [3.8, 4) is 5.75 Å². The molecular formula is C18H21BrO2. The van der Waals surface area contributed by atoms with Crippen LogP contribution >= 0.6 is 15.9 Å². The van der Waals surface area contributed by atoms with Gasteiger partial charge in [-0.3, -0.25) is 0 Å². The fourth-order valence-corrected chi connectivity index (χ4v) is 2.52. The van der Waals surface area contributed by atoms with Crippen LogP contribution in [-0.2, 0) is 6.61 Å². The maximum atomic E-state index is 9.82. The smallest absolute Gasteiger partial charge is 0.125 e. The van der Waals surface area contributed by atoms with Gasteiger partial charge in [0.1, 0.15) is 12.4 Å². The number of rotatable bonds is 5. The Kier molecular flexibility index (Phi) is 5.43. The highest BCUT2D eigenvalue weighted by Gasteiger charge is 2.10. The summed E-state index contributed by atoms with van der Waals surface area (Å²) in [5, 5.41) is 9.82. The molecule has 112 valence electrons. The van der Waals surface area contributed by atoms with Crippen LogP contribution in [0.25, 0.3) is 0 Å². The molecule has 1 atom stereocenters. The summed E-state index contributed by atoms with van der Waals surface area (Å²) >= 11 is 3.42. The molecule has 1 N–H and O–H groups in total. The topological polar surface area (TPSA) is 29.5 Å². The average Bonchev–Trinajstić information content (AvgIpc) is 2.46. The molecule has 0 saturated heterocycles. The third-order valence-electron chi connectivity index (χ3n) is 3.46. The van der Waals surface area contributed by atoms with Crippen molar-refractivity contribution in [2.24, 2.45) is 0 Å². The molecule has 0 fully saturated rings. The Morgan fingerprint density at radius 3 is 2.29 bits per heavy atom. The highest BCUT2D eigenvalue weighted by atomic mass is 79.9. The van der Waals surface area contributed by atoms with E-state index in [1.165, 1.54) is 5.56 Å². The molecule has 0 unspecified atom stereocenters. The number of hydrogen-bond acceptors (Lipinski definition) is 2. The summed E-state index contributed by atoms with van der Waals surface area (Å²) in [6.07, 6.45) is -0.555. The van der Waals surface area contributed by atoms with Crippen LogP contribution in [0.2, 0.25) is 0 Å². The predicted molar refractivity (Wildman–Crippen MR) is 89.6 cm³/mol. The van der Waals surface area contributed by atoms with Gasteiger partial charge in [0, 0.05) is 10.0 Å². The van der Waals surface area contributed by atoms with Gasteiger partial charge in [0.15, 0.2) is 0 Å². The number of aliphatic hydroxyl groups excluding tert-OH is 1. The lowest BCUT2D eigenvalue weighted by Crippen LogP contribution is -2.01. The highest BCUT2D eigenvalue weighted by molar-refractivity contribution is 9.10. The van der Waals surface area contributed by atoms with Crippen LogP contribution < -0.4 is 4.74 Å². The second-order valence-electron chi connectivity index (χ2n) is 5.54. The Bertz CT molecular complexity index is 589. The lowest BCUT2D eigenvalue weighted by molar-refractivity contribution is 0.190. The summed E-state index contributed by atoms with van der Waals surface area (Å²) in [6.45, 7) is 6.61. The monoisotopic (exact) mass is 348 g/mol. The summed E-state index contributed by atoms with van der Waals surface area (Å²) < 4.78 is 6.80. The van der Waals surface area contributed by atoms with E-state index in [9.17, 15) is 5.11 Å². The van der Waals surface area contributed by atoms with E-state index in [1.54, 1.807) is 6.92 Å². The molecule has 0 radical (unpaired) electrons. The molecule has 0 aliphatic heterocycles. The van der Waals surface area contributed by atoms with E-state index in [-0.39, 0.29) is 0 Å². The van der Waals surface area contributed by atoms with Gasteiger partial charge in [-0.15, -0.1) is 0 Å². The molecule has 0 aromatic heterocycles. The van der Waals surface area contributed by atoms with Gasteiger partial charge < -0.3 is 9.84 Å². The van der Waals surface area contributed by atoms with Gasteiger partial charge in [0.2, 0.25) is 0 Å². The average molecular weight is 349 g/mol. The fraction of sp³-hybridized carbons (Fsp3) is 0.333. The van der Waals surface area contributed by atoms with Gasteiger partial charge in [-0.05, 0) is 42.2 Å². The standard InChI is InChI=1S/C18H21BrO2/c1-12(2)15-6-4-14(5-7-15)11-21-18-9-8-16(19)10-17(18)13(3)20/h4-10,12-13,20H,11H2,1-3H3/t13-/m0/s1. The third-order valence-corrected chi connectivity index (χ3v) is 3.96. The zero-order valence-corrected chi connectivity index (χ0v) is 14.2. The molecule has 0 spiro atoms. The SMILES string of the molecule is CC(C)c1ccc(COc2ccc(Br)cc2[C@H](C)O)cc1. The number of halogens is 1. The summed E-state index contributed by atoms with van der Waals surface area (Å²) in [5.74, 6) is 1.26. The van der Waals surface area contributed by atoms with Gasteiger partial charge in [-0.25, -0.2) is 0 Å². The fourth-order valence-electron chi connectivity index (χ4n) is 2.14. The Balaban J connectivity index is 2.09. The molecule has 0 amide bonds. The van der Waals surface area contributed by atoms with Crippen molar-refractivity contribution in [3.05, 3.63) is 63.6 Å². The van der Waals surface area contributed by atoms with Crippen molar-refractivity contribution in [3.63, 3.8) is 0 Å². The molecule has 3 heteroatoms. The van der Waals surface area contributed by atoms with E-state index in [0.29, 0.717) is 12.5 Å². The van der Waals surface area contributed by atoms with E-state index < -0.39 is 6.10 Å². The van der Waals surface area contributed by atoms with E-state index >= 15 is 0 Å². The number of benzene rings is 2. The minimum Gasteiger partial charge on any atom is -0.489 e. The second kappa shape index (κ2) is 7.10. The molecule has 2 aromatic rings. The Labute approximate surface area is 134 Å². The van der Waals surface area contributed by atoms with Crippen LogP contribution in [-0.4, -0.2) is 5.11 Å².